The lowest BCUT2D eigenvalue weighted by Gasteiger charge is -2.25. The van der Waals surface area contributed by atoms with Crippen molar-refractivity contribution in [2.45, 2.75) is 41.5 Å². The molecule has 1 aliphatic heterocycles. The molecule has 0 N–H and O–H groups in total. The molecule has 0 unspecified atom stereocenters. The van der Waals surface area contributed by atoms with E-state index < -0.39 is 0 Å². The van der Waals surface area contributed by atoms with Crippen molar-refractivity contribution in [2.24, 2.45) is 0 Å². The van der Waals surface area contributed by atoms with E-state index >= 15 is 0 Å². The summed E-state index contributed by atoms with van der Waals surface area (Å²) in [6.07, 6.45) is 0. The lowest BCUT2D eigenvalue weighted by molar-refractivity contribution is 0.585. The van der Waals surface area contributed by atoms with Crippen LogP contribution in [0.25, 0.3) is 67.1 Å². The standard InChI is InChI=1S/C41H41N4O2/c1-7-44(8-2)35-24-37-33(21-26(35)5)39(34-22-27(6)36(25-38(34)46-37)45(9-3)10-4)31-17-13-14-18-32(31)41-43-42-40(47-41)30-20-19-28-15-11-12-16-29(28)23-30/h11-25H,7-10H2,1-6H3/q+1. The molecule has 0 saturated heterocycles. The van der Waals surface area contributed by atoms with Crippen LogP contribution in [0.1, 0.15) is 38.8 Å². The van der Waals surface area contributed by atoms with Crippen molar-refractivity contribution in [1.29, 1.82) is 0 Å². The fourth-order valence-corrected chi connectivity index (χ4v) is 6.94. The predicted molar refractivity (Wildman–Crippen MR) is 194 cm³/mol. The molecule has 7 rings (SSSR count). The van der Waals surface area contributed by atoms with Gasteiger partial charge >= 0.3 is 0 Å². The normalized spacial score (nSPS) is 11.5. The highest BCUT2D eigenvalue weighted by Gasteiger charge is 2.25. The summed E-state index contributed by atoms with van der Waals surface area (Å²) in [5, 5.41) is 13.7. The van der Waals surface area contributed by atoms with Crippen LogP contribution in [0.15, 0.2) is 99.8 Å². The molecule has 1 aliphatic carbocycles. The Morgan fingerprint density at radius 1 is 0.638 bits per heavy atom. The van der Waals surface area contributed by atoms with E-state index in [2.05, 4.69) is 128 Å². The molecule has 236 valence electrons. The zero-order valence-corrected chi connectivity index (χ0v) is 28.1. The molecule has 0 radical (unpaired) electrons. The monoisotopic (exact) mass is 621 g/mol. The van der Waals surface area contributed by atoms with E-state index in [1.165, 1.54) is 27.6 Å². The highest BCUT2D eigenvalue weighted by molar-refractivity contribution is 6.06. The van der Waals surface area contributed by atoms with Crippen LogP contribution < -0.4 is 14.8 Å². The number of aryl methyl sites for hydroxylation is 2. The number of rotatable bonds is 8. The molecular weight excluding hydrogens is 580 g/mol. The summed E-state index contributed by atoms with van der Waals surface area (Å²) in [6, 6.07) is 31.9. The van der Waals surface area contributed by atoms with E-state index in [9.17, 15) is 0 Å². The van der Waals surface area contributed by atoms with Crippen LogP contribution >= 0.6 is 0 Å². The molecule has 6 heteroatoms. The third kappa shape index (κ3) is 5.38. The first kappa shape index (κ1) is 30.4. The maximum Gasteiger partial charge on any atom is 0.248 e. The second-order valence-electron chi connectivity index (χ2n) is 12.1. The predicted octanol–water partition coefficient (Wildman–Crippen LogP) is 9.35. The number of nitrogens with zero attached hydrogens (tertiary/aromatic N) is 4. The molecule has 0 amide bonds. The van der Waals surface area contributed by atoms with E-state index in [-0.39, 0.29) is 0 Å². The van der Waals surface area contributed by atoms with Gasteiger partial charge in [0.2, 0.25) is 17.1 Å². The number of hydrogen-bond donors (Lipinski definition) is 0. The van der Waals surface area contributed by atoms with Crippen molar-refractivity contribution < 1.29 is 8.83 Å². The first-order valence-electron chi connectivity index (χ1n) is 16.7. The Labute approximate surface area is 276 Å². The summed E-state index contributed by atoms with van der Waals surface area (Å²) in [4.78, 5) is 2.38. The Kier molecular flexibility index (Phi) is 8.10. The summed E-state index contributed by atoms with van der Waals surface area (Å²) in [6.45, 7) is 16.9. The molecule has 5 aromatic rings. The molecule has 2 heterocycles. The molecule has 1 aromatic heterocycles. The van der Waals surface area contributed by atoms with Gasteiger partial charge in [-0.3, -0.25) is 0 Å². The summed E-state index contributed by atoms with van der Waals surface area (Å²) >= 11 is 0. The van der Waals surface area contributed by atoms with E-state index in [4.69, 9.17) is 8.83 Å². The van der Waals surface area contributed by atoms with Gasteiger partial charge in [0, 0.05) is 58.0 Å². The van der Waals surface area contributed by atoms with E-state index in [0.29, 0.717) is 11.8 Å². The summed E-state index contributed by atoms with van der Waals surface area (Å²) < 4.78 is 15.6. The van der Waals surface area contributed by atoms with Gasteiger partial charge in [-0.05, 0) is 93.8 Å². The Hall–Kier alpha value is -5.23. The van der Waals surface area contributed by atoms with E-state index in [1.54, 1.807) is 0 Å². The van der Waals surface area contributed by atoms with Crippen molar-refractivity contribution in [1.82, 2.24) is 14.8 Å². The van der Waals surface area contributed by atoms with Crippen molar-refractivity contribution >= 4 is 27.4 Å². The van der Waals surface area contributed by atoms with Gasteiger partial charge in [-0.15, -0.1) is 10.2 Å². The second-order valence-corrected chi connectivity index (χ2v) is 12.1. The quantitative estimate of drug-likeness (QED) is 0.125. The molecule has 0 spiro atoms. The molecule has 2 aliphatic rings. The Bertz CT molecular complexity index is 2280. The molecule has 4 aromatic carbocycles. The summed E-state index contributed by atoms with van der Waals surface area (Å²) in [5.74, 6) is 1.84. The van der Waals surface area contributed by atoms with Crippen molar-refractivity contribution in [3.05, 3.63) is 107 Å². The van der Waals surface area contributed by atoms with Crippen molar-refractivity contribution in [2.75, 3.05) is 31.1 Å². The average Bonchev–Trinajstić information content (AvgIpc) is 3.59. The van der Waals surface area contributed by atoms with Crippen LogP contribution in [-0.2, 0) is 0 Å². The van der Waals surface area contributed by atoms with Crippen LogP contribution in [0.4, 0.5) is 5.69 Å². The fourth-order valence-electron chi connectivity index (χ4n) is 6.94. The number of aromatic nitrogens is 2. The van der Waals surface area contributed by atoms with Crippen molar-refractivity contribution in [3.8, 4) is 45.4 Å². The Morgan fingerprint density at radius 2 is 1.34 bits per heavy atom. The fraction of sp³-hybridized carbons (Fsp3) is 0.244. The van der Waals surface area contributed by atoms with Crippen LogP contribution in [0.2, 0.25) is 0 Å². The van der Waals surface area contributed by atoms with Gasteiger partial charge in [-0.25, -0.2) is 4.58 Å². The SMILES string of the molecule is CCN(CC)c1cc2oc3cc(=[N+](CC)CC)c(C)cc-3c(-c3ccccc3-c3nnc(-c4ccc5ccccc5c4)o3)c2cc1C. The van der Waals surface area contributed by atoms with Gasteiger partial charge in [0.1, 0.15) is 24.4 Å². The zero-order chi connectivity index (χ0) is 32.7. The smallest absolute Gasteiger partial charge is 0.248 e. The third-order valence-electron chi connectivity index (χ3n) is 9.41. The van der Waals surface area contributed by atoms with Crippen molar-refractivity contribution in [3.63, 3.8) is 0 Å². The Morgan fingerprint density at radius 3 is 2.09 bits per heavy atom. The van der Waals surface area contributed by atoms with Gasteiger partial charge in [0.05, 0.1) is 6.07 Å². The minimum atomic E-state index is 0.485. The van der Waals surface area contributed by atoms with Crippen LogP contribution in [0, 0.1) is 13.8 Å². The molecule has 0 saturated carbocycles. The lowest BCUT2D eigenvalue weighted by atomic mass is 9.89. The summed E-state index contributed by atoms with van der Waals surface area (Å²) in [5.41, 5.74) is 9.43. The maximum absolute atomic E-state index is 6.82. The highest BCUT2D eigenvalue weighted by Crippen LogP contribution is 2.45. The average molecular weight is 622 g/mol. The summed E-state index contributed by atoms with van der Waals surface area (Å²) in [7, 11) is 0. The largest absolute Gasteiger partial charge is 0.456 e. The van der Waals surface area contributed by atoms with E-state index in [1.807, 2.05) is 24.3 Å². The van der Waals surface area contributed by atoms with Gasteiger partial charge < -0.3 is 13.7 Å². The number of benzene rings is 5. The van der Waals surface area contributed by atoms with Crippen LogP contribution in [-0.4, -0.2) is 36.4 Å². The van der Waals surface area contributed by atoms with Gasteiger partial charge in [-0.2, -0.15) is 0 Å². The number of hydrogen-bond acceptors (Lipinski definition) is 5. The lowest BCUT2D eigenvalue weighted by Crippen LogP contribution is -2.31. The molecule has 0 atom stereocenters. The number of anilines is 1. The third-order valence-corrected chi connectivity index (χ3v) is 9.41. The van der Waals surface area contributed by atoms with Gasteiger partial charge in [0.15, 0.2) is 0 Å². The van der Waals surface area contributed by atoms with E-state index in [0.717, 1.165) is 76.1 Å². The first-order valence-corrected chi connectivity index (χ1v) is 16.7. The highest BCUT2D eigenvalue weighted by atomic mass is 16.4. The molecule has 47 heavy (non-hydrogen) atoms. The zero-order valence-electron chi connectivity index (χ0n) is 28.1. The van der Waals surface area contributed by atoms with Crippen LogP contribution in [0.5, 0.6) is 0 Å². The topological polar surface area (TPSA) is 58.3 Å². The molecule has 0 fully saturated rings. The van der Waals surface area contributed by atoms with Crippen LogP contribution in [0.3, 0.4) is 0 Å². The molecule has 6 nitrogen and oxygen atoms in total. The number of fused-ring (bicyclic) bond motifs is 3. The molecular formula is C41H41N4O2+. The van der Waals surface area contributed by atoms with Gasteiger partial charge in [0.25, 0.3) is 0 Å². The maximum atomic E-state index is 6.82. The molecule has 0 bridgehead atoms. The minimum absolute atomic E-state index is 0.485. The Balaban J connectivity index is 1.49. The first-order chi connectivity index (χ1) is 22.9. The minimum Gasteiger partial charge on any atom is -0.456 e. The van der Waals surface area contributed by atoms with Gasteiger partial charge in [-0.1, -0.05) is 48.5 Å². The second kappa shape index (κ2) is 12.5.